The van der Waals surface area contributed by atoms with E-state index in [1.807, 2.05) is 13.0 Å². The molecule has 2 heterocycles. The zero-order valence-corrected chi connectivity index (χ0v) is 17.4. The van der Waals surface area contributed by atoms with E-state index in [1.165, 1.54) is 21.9 Å². The number of hydrogen-bond donors (Lipinski definition) is 1. The minimum absolute atomic E-state index is 0.176. The van der Waals surface area contributed by atoms with E-state index in [-0.39, 0.29) is 23.6 Å². The fourth-order valence-electron chi connectivity index (χ4n) is 2.88. The molecule has 0 aliphatic rings. The third-order valence-electron chi connectivity index (χ3n) is 4.42. The van der Waals surface area contributed by atoms with Crippen molar-refractivity contribution >= 4 is 33.9 Å². The highest BCUT2D eigenvalue weighted by molar-refractivity contribution is 7.16. The zero-order valence-electron chi connectivity index (χ0n) is 16.6. The standard InChI is InChI=1S/C22H18N4O4S/c1-2-18-25-26-19(27)12-15(23-22(26)31-18)13-30-21(29)16-10-6-7-11-17(16)24-20(28)14-8-4-3-5-9-14/h3-12H,2,13H2,1H3,(H,24,28). The third-order valence-corrected chi connectivity index (χ3v) is 5.48. The van der Waals surface area contributed by atoms with Crippen molar-refractivity contribution < 1.29 is 14.3 Å². The molecule has 0 saturated heterocycles. The molecule has 2 aromatic heterocycles. The Balaban J connectivity index is 1.50. The molecule has 0 aliphatic carbocycles. The van der Waals surface area contributed by atoms with Crippen molar-refractivity contribution in [1.29, 1.82) is 0 Å². The minimum Gasteiger partial charge on any atom is -0.456 e. The predicted octanol–water partition coefficient (Wildman–Crippen LogP) is 3.32. The van der Waals surface area contributed by atoms with E-state index in [0.29, 0.717) is 28.3 Å². The number of rotatable bonds is 6. The maximum Gasteiger partial charge on any atom is 0.340 e. The maximum absolute atomic E-state index is 12.7. The highest BCUT2D eigenvalue weighted by Crippen LogP contribution is 2.18. The molecule has 0 unspecified atom stereocenters. The lowest BCUT2D eigenvalue weighted by atomic mass is 10.1. The normalized spacial score (nSPS) is 10.7. The Hall–Kier alpha value is -3.85. The van der Waals surface area contributed by atoms with Crippen LogP contribution >= 0.6 is 11.3 Å². The molecule has 0 bridgehead atoms. The largest absolute Gasteiger partial charge is 0.456 e. The van der Waals surface area contributed by atoms with Crippen molar-refractivity contribution in [3.05, 3.63) is 92.8 Å². The molecule has 31 heavy (non-hydrogen) atoms. The fourth-order valence-corrected chi connectivity index (χ4v) is 3.74. The topological polar surface area (TPSA) is 103 Å². The van der Waals surface area contributed by atoms with Gasteiger partial charge in [0.2, 0.25) is 4.96 Å². The summed E-state index contributed by atoms with van der Waals surface area (Å²) in [6, 6.07) is 16.6. The summed E-state index contributed by atoms with van der Waals surface area (Å²) >= 11 is 1.32. The quantitative estimate of drug-likeness (QED) is 0.467. The number of nitrogens with one attached hydrogen (secondary N) is 1. The lowest BCUT2D eigenvalue weighted by Crippen LogP contribution is -2.18. The second-order valence-electron chi connectivity index (χ2n) is 6.57. The van der Waals surface area contributed by atoms with E-state index in [0.717, 1.165) is 5.01 Å². The van der Waals surface area contributed by atoms with Gasteiger partial charge in [-0.2, -0.15) is 9.61 Å². The molecule has 0 spiro atoms. The van der Waals surface area contributed by atoms with Gasteiger partial charge in [-0.25, -0.2) is 9.78 Å². The van der Waals surface area contributed by atoms with Crippen LogP contribution in [0.2, 0.25) is 0 Å². The van der Waals surface area contributed by atoms with Crippen molar-refractivity contribution in [3.63, 3.8) is 0 Å². The summed E-state index contributed by atoms with van der Waals surface area (Å²) in [6.45, 7) is 1.77. The van der Waals surface area contributed by atoms with Crippen LogP contribution in [0.1, 0.15) is 38.3 Å². The Morgan fingerprint density at radius 3 is 2.61 bits per heavy atom. The van der Waals surface area contributed by atoms with E-state index in [2.05, 4.69) is 15.4 Å². The second kappa shape index (κ2) is 8.88. The minimum atomic E-state index is -0.635. The van der Waals surface area contributed by atoms with E-state index in [1.54, 1.807) is 48.5 Å². The number of benzene rings is 2. The van der Waals surface area contributed by atoms with Crippen LogP contribution < -0.4 is 10.9 Å². The summed E-state index contributed by atoms with van der Waals surface area (Å²) in [5, 5.41) is 7.72. The molecule has 4 aromatic rings. The van der Waals surface area contributed by atoms with Crippen molar-refractivity contribution in [2.24, 2.45) is 0 Å². The number of aryl methyl sites for hydroxylation is 1. The van der Waals surface area contributed by atoms with Gasteiger partial charge in [-0.3, -0.25) is 9.59 Å². The van der Waals surface area contributed by atoms with Crippen LogP contribution in [0.4, 0.5) is 5.69 Å². The predicted molar refractivity (Wildman–Crippen MR) is 116 cm³/mol. The summed E-state index contributed by atoms with van der Waals surface area (Å²) in [7, 11) is 0. The van der Waals surface area contributed by atoms with Gasteiger partial charge in [-0.05, 0) is 30.7 Å². The van der Waals surface area contributed by atoms with Crippen LogP contribution in [-0.2, 0) is 17.8 Å². The number of hydrogen-bond acceptors (Lipinski definition) is 7. The number of carbonyl (C=O) groups is 2. The van der Waals surface area contributed by atoms with Crippen molar-refractivity contribution in [3.8, 4) is 0 Å². The first-order chi connectivity index (χ1) is 15.0. The number of carbonyl (C=O) groups excluding carboxylic acids is 2. The van der Waals surface area contributed by atoms with E-state index >= 15 is 0 Å². The number of para-hydroxylation sites is 1. The molecule has 8 nitrogen and oxygen atoms in total. The van der Waals surface area contributed by atoms with Gasteiger partial charge in [0.05, 0.1) is 16.9 Å². The summed E-state index contributed by atoms with van der Waals surface area (Å²) in [5.41, 5.74) is 1.01. The molecule has 2 aromatic carbocycles. The average molecular weight is 434 g/mol. The second-order valence-corrected chi connectivity index (χ2v) is 7.61. The first kappa shape index (κ1) is 20.4. The molecule has 0 atom stereocenters. The van der Waals surface area contributed by atoms with Crippen LogP contribution in [-0.4, -0.2) is 26.5 Å². The summed E-state index contributed by atoms with van der Waals surface area (Å²) in [5.74, 6) is -0.970. The van der Waals surface area contributed by atoms with Crippen LogP contribution in [0.5, 0.6) is 0 Å². The molecule has 9 heteroatoms. The average Bonchev–Trinajstić information content (AvgIpc) is 3.22. The highest BCUT2D eigenvalue weighted by Gasteiger charge is 2.16. The zero-order chi connectivity index (χ0) is 21.8. The van der Waals surface area contributed by atoms with Gasteiger partial charge in [0, 0.05) is 11.6 Å². The maximum atomic E-state index is 12.7. The number of fused-ring (bicyclic) bond motifs is 1. The Morgan fingerprint density at radius 1 is 1.10 bits per heavy atom. The molecule has 4 rings (SSSR count). The van der Waals surface area contributed by atoms with Crippen molar-refractivity contribution in [2.75, 3.05) is 5.32 Å². The molecule has 0 fully saturated rings. The van der Waals surface area contributed by atoms with Gasteiger partial charge in [0.15, 0.2) is 0 Å². The monoisotopic (exact) mass is 434 g/mol. The van der Waals surface area contributed by atoms with Crippen molar-refractivity contribution in [2.45, 2.75) is 20.0 Å². The number of esters is 1. The first-order valence-corrected chi connectivity index (χ1v) is 10.4. The highest BCUT2D eigenvalue weighted by atomic mass is 32.1. The molecule has 1 N–H and O–H groups in total. The van der Waals surface area contributed by atoms with Crippen LogP contribution in [0.15, 0.2) is 65.5 Å². The molecular weight excluding hydrogens is 416 g/mol. The third kappa shape index (κ3) is 4.51. The lowest BCUT2D eigenvalue weighted by molar-refractivity contribution is 0.0469. The summed E-state index contributed by atoms with van der Waals surface area (Å²) < 4.78 is 6.60. The van der Waals surface area contributed by atoms with Gasteiger partial charge in [-0.15, -0.1) is 0 Å². The molecule has 1 amide bonds. The summed E-state index contributed by atoms with van der Waals surface area (Å²) in [6.07, 6.45) is 0.698. The SMILES string of the molecule is CCc1nn2c(=O)cc(COC(=O)c3ccccc3NC(=O)c3ccccc3)nc2s1. The fraction of sp³-hybridized carbons (Fsp3) is 0.136. The van der Waals surface area contributed by atoms with Crippen LogP contribution in [0, 0.1) is 0 Å². The molecule has 0 aliphatic heterocycles. The Morgan fingerprint density at radius 2 is 1.84 bits per heavy atom. The van der Waals surface area contributed by atoms with Crippen molar-refractivity contribution in [1.82, 2.24) is 14.6 Å². The van der Waals surface area contributed by atoms with Crippen LogP contribution in [0.25, 0.3) is 4.96 Å². The number of ether oxygens (including phenoxy) is 1. The number of aromatic nitrogens is 3. The van der Waals surface area contributed by atoms with E-state index in [4.69, 9.17) is 4.74 Å². The van der Waals surface area contributed by atoms with Crippen LogP contribution in [0.3, 0.4) is 0 Å². The molecule has 0 saturated carbocycles. The Bertz CT molecular complexity index is 1310. The van der Waals surface area contributed by atoms with Gasteiger partial charge < -0.3 is 10.1 Å². The molecule has 156 valence electrons. The lowest BCUT2D eigenvalue weighted by Gasteiger charge is -2.11. The van der Waals surface area contributed by atoms with E-state index < -0.39 is 5.97 Å². The summed E-state index contributed by atoms with van der Waals surface area (Å²) in [4.78, 5) is 42.1. The first-order valence-electron chi connectivity index (χ1n) is 9.56. The smallest absolute Gasteiger partial charge is 0.340 e. The number of amides is 1. The molecular formula is C22H18N4O4S. The van der Waals surface area contributed by atoms with Gasteiger partial charge in [-0.1, -0.05) is 48.6 Å². The Labute approximate surface area is 181 Å². The Kier molecular flexibility index (Phi) is 5.85. The van der Waals surface area contributed by atoms with Gasteiger partial charge >= 0.3 is 5.97 Å². The number of anilines is 1. The van der Waals surface area contributed by atoms with Gasteiger partial charge in [0.1, 0.15) is 11.6 Å². The number of nitrogens with zero attached hydrogens (tertiary/aromatic N) is 3. The van der Waals surface area contributed by atoms with E-state index in [9.17, 15) is 14.4 Å². The van der Waals surface area contributed by atoms with Gasteiger partial charge in [0.25, 0.3) is 11.5 Å². The molecule has 0 radical (unpaired) electrons.